The zero-order valence-corrected chi connectivity index (χ0v) is 11.7. The van der Waals surface area contributed by atoms with Crippen LogP contribution in [0.2, 0.25) is 0 Å². The van der Waals surface area contributed by atoms with E-state index in [9.17, 15) is 5.11 Å². The van der Waals surface area contributed by atoms with Crippen LogP contribution in [-0.2, 0) is 0 Å². The molecular weight excluding hydrogens is 222 g/mol. The van der Waals surface area contributed by atoms with Crippen LogP contribution in [0.25, 0.3) is 0 Å². The van der Waals surface area contributed by atoms with Crippen LogP contribution in [0.15, 0.2) is 0 Å². The maximum atomic E-state index is 10.3. The van der Waals surface area contributed by atoms with Gasteiger partial charge in [-0.25, -0.2) is 0 Å². The summed E-state index contributed by atoms with van der Waals surface area (Å²) in [5.41, 5.74) is 0. The Labute approximate surface area is 112 Å². The van der Waals surface area contributed by atoms with Gasteiger partial charge in [0.2, 0.25) is 0 Å². The van der Waals surface area contributed by atoms with Crippen LogP contribution in [0.5, 0.6) is 0 Å². The highest BCUT2D eigenvalue weighted by molar-refractivity contribution is 4.93. The molecule has 3 fully saturated rings. The summed E-state index contributed by atoms with van der Waals surface area (Å²) in [6.07, 6.45) is 14.8. The molecule has 0 aromatic rings. The highest BCUT2D eigenvalue weighted by Gasteiger charge is 2.39. The molecule has 0 spiro atoms. The summed E-state index contributed by atoms with van der Waals surface area (Å²) in [5, 5.41) is 10.3. The Hall–Kier alpha value is -0.0800. The van der Waals surface area contributed by atoms with Crippen molar-refractivity contribution in [3.8, 4) is 0 Å². The number of likely N-dealkylation sites (tertiary alicyclic amines) is 1. The minimum absolute atomic E-state index is 0.00654. The Morgan fingerprint density at radius 3 is 2.22 bits per heavy atom. The molecule has 3 rings (SSSR count). The van der Waals surface area contributed by atoms with Gasteiger partial charge in [0.15, 0.2) is 0 Å². The number of rotatable bonds is 2. The van der Waals surface area contributed by atoms with E-state index in [1.54, 1.807) is 0 Å². The van der Waals surface area contributed by atoms with Crippen molar-refractivity contribution in [3.05, 3.63) is 0 Å². The van der Waals surface area contributed by atoms with Gasteiger partial charge in [-0.2, -0.15) is 0 Å². The van der Waals surface area contributed by atoms with Gasteiger partial charge in [-0.15, -0.1) is 0 Å². The number of aliphatic hydroxyl groups is 1. The van der Waals surface area contributed by atoms with Crippen molar-refractivity contribution in [1.29, 1.82) is 0 Å². The predicted octanol–water partition coefficient (Wildman–Crippen LogP) is 3.33. The summed E-state index contributed by atoms with van der Waals surface area (Å²) in [6, 6.07) is 1.56. The van der Waals surface area contributed by atoms with Gasteiger partial charge in [-0.05, 0) is 45.1 Å². The maximum absolute atomic E-state index is 10.3. The Balaban J connectivity index is 1.65. The van der Waals surface area contributed by atoms with Gasteiger partial charge in [-0.3, -0.25) is 4.90 Å². The zero-order valence-electron chi connectivity index (χ0n) is 11.7. The summed E-state index contributed by atoms with van der Waals surface area (Å²) in [7, 11) is 0. The molecule has 0 aromatic heterocycles. The molecule has 0 radical (unpaired) electrons. The maximum Gasteiger partial charge on any atom is 0.0583 e. The monoisotopic (exact) mass is 251 g/mol. The second kappa shape index (κ2) is 5.92. The minimum atomic E-state index is -0.00654. The van der Waals surface area contributed by atoms with E-state index in [1.807, 2.05) is 0 Å². The normalized spacial score (nSPS) is 40.2. The van der Waals surface area contributed by atoms with E-state index in [0.29, 0.717) is 12.0 Å². The van der Waals surface area contributed by atoms with Crippen LogP contribution >= 0.6 is 0 Å². The van der Waals surface area contributed by atoms with E-state index in [0.717, 1.165) is 12.5 Å². The van der Waals surface area contributed by atoms with Crippen molar-refractivity contribution in [2.24, 2.45) is 5.92 Å². The lowest BCUT2D eigenvalue weighted by Gasteiger charge is -2.42. The smallest absolute Gasteiger partial charge is 0.0583 e. The van der Waals surface area contributed by atoms with Gasteiger partial charge in [0.1, 0.15) is 0 Å². The van der Waals surface area contributed by atoms with Gasteiger partial charge in [-0.1, -0.05) is 32.1 Å². The largest absolute Gasteiger partial charge is 0.393 e. The molecule has 3 aliphatic rings. The van der Waals surface area contributed by atoms with Crippen LogP contribution in [0.3, 0.4) is 0 Å². The zero-order chi connectivity index (χ0) is 12.4. The molecule has 1 N–H and O–H groups in total. The van der Waals surface area contributed by atoms with E-state index >= 15 is 0 Å². The third-order valence-electron chi connectivity index (χ3n) is 5.66. The SMILES string of the molecule is OC1CCCCC1C1CCCN1C1CCCCC1. The Morgan fingerprint density at radius 2 is 1.44 bits per heavy atom. The molecule has 2 heteroatoms. The molecule has 1 heterocycles. The number of nitrogens with zero attached hydrogens (tertiary/aromatic N) is 1. The van der Waals surface area contributed by atoms with E-state index < -0.39 is 0 Å². The lowest BCUT2D eigenvalue weighted by Crippen LogP contribution is -2.47. The fourth-order valence-corrected chi connectivity index (χ4v) is 4.73. The van der Waals surface area contributed by atoms with Crippen molar-refractivity contribution >= 4 is 0 Å². The van der Waals surface area contributed by atoms with Crippen LogP contribution in [0.1, 0.15) is 70.6 Å². The van der Waals surface area contributed by atoms with E-state index in [4.69, 9.17) is 0 Å². The number of hydrogen-bond acceptors (Lipinski definition) is 2. The van der Waals surface area contributed by atoms with Gasteiger partial charge >= 0.3 is 0 Å². The van der Waals surface area contributed by atoms with E-state index in [2.05, 4.69) is 4.90 Å². The summed E-state index contributed by atoms with van der Waals surface area (Å²) in [4.78, 5) is 2.80. The van der Waals surface area contributed by atoms with Crippen molar-refractivity contribution in [3.63, 3.8) is 0 Å². The van der Waals surface area contributed by atoms with Gasteiger partial charge in [0, 0.05) is 18.0 Å². The molecule has 3 unspecified atom stereocenters. The van der Waals surface area contributed by atoms with Crippen LogP contribution in [0.4, 0.5) is 0 Å². The summed E-state index contributed by atoms with van der Waals surface area (Å²) < 4.78 is 0. The van der Waals surface area contributed by atoms with Gasteiger partial charge < -0.3 is 5.11 Å². The molecule has 0 bridgehead atoms. The summed E-state index contributed by atoms with van der Waals surface area (Å²) in [5.74, 6) is 0.586. The second-order valence-electron chi connectivity index (χ2n) is 6.75. The topological polar surface area (TPSA) is 23.5 Å². The van der Waals surface area contributed by atoms with Crippen molar-refractivity contribution in [2.45, 2.75) is 88.8 Å². The highest BCUT2D eigenvalue weighted by atomic mass is 16.3. The molecule has 0 aromatic carbocycles. The van der Waals surface area contributed by atoms with Crippen LogP contribution in [0, 0.1) is 5.92 Å². The predicted molar refractivity (Wildman–Crippen MR) is 74.6 cm³/mol. The first-order chi connectivity index (χ1) is 8.86. The third kappa shape index (κ3) is 2.60. The molecule has 1 aliphatic heterocycles. The molecule has 0 amide bonds. The summed E-state index contributed by atoms with van der Waals surface area (Å²) in [6.45, 7) is 1.30. The fraction of sp³-hybridized carbons (Fsp3) is 1.00. The molecular formula is C16H29NO. The first-order valence-electron chi connectivity index (χ1n) is 8.30. The molecule has 2 saturated carbocycles. The minimum Gasteiger partial charge on any atom is -0.393 e. The Kier molecular flexibility index (Phi) is 4.25. The first-order valence-corrected chi connectivity index (χ1v) is 8.30. The molecule has 3 atom stereocenters. The average Bonchev–Trinajstić information content (AvgIpc) is 2.89. The Bertz CT molecular complexity index is 262. The first kappa shape index (κ1) is 12.9. The van der Waals surface area contributed by atoms with E-state index in [1.165, 1.54) is 70.8 Å². The average molecular weight is 251 g/mol. The standard InChI is InChI=1S/C16H29NO/c18-16-11-5-4-9-14(16)15-10-6-12-17(15)13-7-2-1-3-8-13/h13-16,18H,1-12H2. The Morgan fingerprint density at radius 1 is 0.722 bits per heavy atom. The van der Waals surface area contributed by atoms with Gasteiger partial charge in [0.05, 0.1) is 6.10 Å². The molecule has 2 nitrogen and oxygen atoms in total. The lowest BCUT2D eigenvalue weighted by atomic mass is 9.80. The van der Waals surface area contributed by atoms with Crippen molar-refractivity contribution in [1.82, 2.24) is 4.90 Å². The quantitative estimate of drug-likeness (QED) is 0.813. The summed E-state index contributed by atoms with van der Waals surface area (Å²) >= 11 is 0. The third-order valence-corrected chi connectivity index (χ3v) is 5.66. The van der Waals surface area contributed by atoms with Gasteiger partial charge in [0.25, 0.3) is 0 Å². The van der Waals surface area contributed by atoms with Crippen LogP contribution < -0.4 is 0 Å². The number of hydrogen-bond donors (Lipinski definition) is 1. The molecule has 2 aliphatic carbocycles. The second-order valence-corrected chi connectivity index (χ2v) is 6.75. The van der Waals surface area contributed by atoms with Crippen molar-refractivity contribution in [2.75, 3.05) is 6.54 Å². The fourth-order valence-electron chi connectivity index (χ4n) is 4.73. The van der Waals surface area contributed by atoms with Crippen molar-refractivity contribution < 1.29 is 5.11 Å². The van der Waals surface area contributed by atoms with E-state index in [-0.39, 0.29) is 6.10 Å². The lowest BCUT2D eigenvalue weighted by molar-refractivity contribution is 0.00517. The molecule has 1 saturated heterocycles. The molecule has 104 valence electrons. The van der Waals surface area contributed by atoms with Crippen LogP contribution in [-0.4, -0.2) is 34.7 Å². The number of aliphatic hydroxyl groups excluding tert-OH is 1. The molecule has 18 heavy (non-hydrogen) atoms. The highest BCUT2D eigenvalue weighted by Crippen LogP contribution is 2.37.